The van der Waals surface area contributed by atoms with Crippen LogP contribution in [-0.4, -0.2) is 32.7 Å². The lowest BCUT2D eigenvalue weighted by molar-refractivity contribution is -0.144. The number of ether oxygens (including phenoxy) is 1. The van der Waals surface area contributed by atoms with Crippen LogP contribution in [0, 0.1) is 0 Å². The first-order valence-electron chi connectivity index (χ1n) is 5.44. The maximum atomic E-state index is 11.3. The molecular formula is C11H18O6Si. The Balaban J connectivity index is 4.83. The molecule has 0 fully saturated rings. The van der Waals surface area contributed by atoms with Crippen LogP contribution in [0.15, 0.2) is 12.2 Å². The highest BCUT2D eigenvalue weighted by Gasteiger charge is 2.44. The summed E-state index contributed by atoms with van der Waals surface area (Å²) in [5.74, 6) is -1.76. The van der Waals surface area contributed by atoms with Crippen molar-refractivity contribution in [2.45, 2.75) is 33.7 Å². The summed E-state index contributed by atoms with van der Waals surface area (Å²) in [6, 6.07) is 0.301. The first kappa shape index (κ1) is 16.4. The molecule has 0 aliphatic heterocycles. The van der Waals surface area contributed by atoms with Crippen molar-refractivity contribution in [3.8, 4) is 0 Å². The number of carbonyl (C=O) groups is 3. The Morgan fingerprint density at radius 3 is 1.78 bits per heavy atom. The third-order valence-electron chi connectivity index (χ3n) is 1.97. The van der Waals surface area contributed by atoms with Gasteiger partial charge in [-0.3, -0.25) is 9.59 Å². The van der Waals surface area contributed by atoms with Gasteiger partial charge in [0.25, 0.3) is 11.9 Å². The second kappa shape index (κ2) is 6.95. The smallest absolute Gasteiger partial charge is 0.483 e. The molecule has 0 radical (unpaired) electrons. The normalized spacial score (nSPS) is 10.4. The highest BCUT2D eigenvalue weighted by molar-refractivity contribution is 6.70. The second-order valence-corrected chi connectivity index (χ2v) is 7.03. The van der Waals surface area contributed by atoms with E-state index in [0.717, 1.165) is 0 Å². The Morgan fingerprint density at radius 2 is 1.50 bits per heavy atom. The molecule has 0 bridgehead atoms. The van der Waals surface area contributed by atoms with E-state index in [1.807, 2.05) is 0 Å². The van der Waals surface area contributed by atoms with E-state index in [9.17, 15) is 14.4 Å². The zero-order chi connectivity index (χ0) is 14.3. The molecule has 0 aromatic rings. The van der Waals surface area contributed by atoms with E-state index in [4.69, 9.17) is 13.6 Å². The summed E-state index contributed by atoms with van der Waals surface area (Å²) in [7, 11) is -3.19. The van der Waals surface area contributed by atoms with Gasteiger partial charge in [-0.15, -0.1) is 0 Å². The summed E-state index contributed by atoms with van der Waals surface area (Å²) in [5.41, 5.74) is 0.222. The highest BCUT2D eigenvalue weighted by Crippen LogP contribution is 2.15. The van der Waals surface area contributed by atoms with Crippen molar-refractivity contribution >= 4 is 26.5 Å². The van der Waals surface area contributed by atoms with Gasteiger partial charge < -0.3 is 13.6 Å². The van der Waals surface area contributed by atoms with E-state index < -0.39 is 26.5 Å². The van der Waals surface area contributed by atoms with Gasteiger partial charge in [-0.05, 0) is 6.92 Å². The highest BCUT2D eigenvalue weighted by atomic mass is 28.4. The minimum absolute atomic E-state index is 0.222. The van der Waals surface area contributed by atoms with Gasteiger partial charge in [-0.1, -0.05) is 13.5 Å². The molecule has 18 heavy (non-hydrogen) atoms. The fraction of sp³-hybridized carbons (Fsp3) is 0.545. The Labute approximate surface area is 107 Å². The monoisotopic (exact) mass is 274 g/mol. The van der Waals surface area contributed by atoms with Crippen molar-refractivity contribution in [3.05, 3.63) is 12.2 Å². The van der Waals surface area contributed by atoms with Crippen LogP contribution in [0.2, 0.25) is 6.04 Å². The predicted octanol–water partition coefficient (Wildman–Crippen LogP) is 1.23. The molecule has 7 heteroatoms. The van der Waals surface area contributed by atoms with Crippen LogP contribution in [0.4, 0.5) is 0 Å². The number of hydrogen-bond donors (Lipinski definition) is 0. The minimum Gasteiger partial charge on any atom is -0.483 e. The van der Waals surface area contributed by atoms with E-state index in [0.29, 0.717) is 6.04 Å². The molecule has 0 rings (SSSR count). The number of carbonyl (C=O) groups excluding carboxylic acids is 3. The molecule has 0 unspecified atom stereocenters. The Kier molecular flexibility index (Phi) is 6.32. The Hall–Kier alpha value is -1.63. The van der Waals surface area contributed by atoms with Crippen molar-refractivity contribution in [1.29, 1.82) is 0 Å². The maximum Gasteiger partial charge on any atom is 0.503 e. The summed E-state index contributed by atoms with van der Waals surface area (Å²) in [5, 5.41) is 0. The van der Waals surface area contributed by atoms with Crippen LogP contribution in [0.25, 0.3) is 0 Å². The summed E-state index contributed by atoms with van der Waals surface area (Å²) in [4.78, 5) is 33.4. The van der Waals surface area contributed by atoms with Gasteiger partial charge >= 0.3 is 14.5 Å². The van der Waals surface area contributed by atoms with Crippen molar-refractivity contribution in [2.24, 2.45) is 0 Å². The zero-order valence-electron chi connectivity index (χ0n) is 11.1. The third-order valence-corrected chi connectivity index (χ3v) is 4.95. The van der Waals surface area contributed by atoms with E-state index in [1.165, 1.54) is 20.8 Å². The van der Waals surface area contributed by atoms with Gasteiger partial charge in [0.05, 0.1) is 0 Å². The van der Waals surface area contributed by atoms with E-state index >= 15 is 0 Å². The molecule has 0 N–H and O–H groups in total. The predicted molar refractivity (Wildman–Crippen MR) is 65.5 cm³/mol. The van der Waals surface area contributed by atoms with Crippen LogP contribution in [0.3, 0.4) is 0 Å². The first-order valence-corrected chi connectivity index (χ1v) is 7.67. The summed E-state index contributed by atoms with van der Waals surface area (Å²) >= 11 is 0. The average Bonchev–Trinajstić information content (AvgIpc) is 2.23. The average molecular weight is 274 g/mol. The summed E-state index contributed by atoms with van der Waals surface area (Å²) in [6.07, 6.45) is -0.228. The molecule has 0 saturated heterocycles. The zero-order valence-corrected chi connectivity index (χ0v) is 12.1. The van der Waals surface area contributed by atoms with Gasteiger partial charge in [-0.25, -0.2) is 4.79 Å². The quantitative estimate of drug-likeness (QED) is 0.412. The molecule has 0 aliphatic rings. The lowest BCUT2D eigenvalue weighted by Gasteiger charge is -2.26. The Bertz CT molecular complexity index is 347. The second-order valence-electron chi connectivity index (χ2n) is 3.81. The molecule has 0 atom stereocenters. The molecule has 0 saturated carbocycles. The molecule has 6 nitrogen and oxygen atoms in total. The van der Waals surface area contributed by atoms with Gasteiger partial charge in [0, 0.05) is 25.5 Å². The summed E-state index contributed by atoms with van der Waals surface area (Å²) in [6.45, 7) is 9.04. The molecular weight excluding hydrogens is 256 g/mol. The fourth-order valence-corrected chi connectivity index (χ4v) is 3.20. The number of esters is 1. The lowest BCUT2D eigenvalue weighted by atomic mass is 10.4. The van der Waals surface area contributed by atoms with E-state index in [-0.39, 0.29) is 11.8 Å². The molecule has 0 aromatic heterocycles. The van der Waals surface area contributed by atoms with Gasteiger partial charge in [0.2, 0.25) is 0 Å². The number of hydrogen-bond acceptors (Lipinski definition) is 6. The molecule has 0 amide bonds. The van der Waals surface area contributed by atoms with Crippen LogP contribution in [0.1, 0.15) is 27.7 Å². The largest absolute Gasteiger partial charge is 0.503 e. The van der Waals surface area contributed by atoms with Gasteiger partial charge in [0.1, 0.15) is 0 Å². The number of rotatable bonds is 6. The topological polar surface area (TPSA) is 78.9 Å². The molecule has 102 valence electrons. The fourth-order valence-electron chi connectivity index (χ4n) is 1.15. The van der Waals surface area contributed by atoms with Crippen molar-refractivity contribution in [3.63, 3.8) is 0 Å². The lowest BCUT2D eigenvalue weighted by Crippen LogP contribution is -2.49. The SMILES string of the molecule is C=C(C)C(=O)OC[Si](CC)(OC(C)=O)OC(C)=O. The van der Waals surface area contributed by atoms with Gasteiger partial charge in [0.15, 0.2) is 6.23 Å². The van der Waals surface area contributed by atoms with E-state index in [2.05, 4.69) is 6.58 Å². The minimum atomic E-state index is -3.19. The Morgan fingerprint density at radius 1 is 1.06 bits per heavy atom. The molecule has 0 aromatic carbocycles. The molecule has 0 heterocycles. The summed E-state index contributed by atoms with van der Waals surface area (Å²) < 4.78 is 15.1. The van der Waals surface area contributed by atoms with Crippen LogP contribution in [-0.2, 0) is 28.0 Å². The first-order chi connectivity index (χ1) is 8.22. The molecule has 0 aliphatic carbocycles. The maximum absolute atomic E-state index is 11.3. The van der Waals surface area contributed by atoms with Gasteiger partial charge in [-0.2, -0.15) is 0 Å². The van der Waals surface area contributed by atoms with Crippen molar-refractivity contribution in [1.82, 2.24) is 0 Å². The van der Waals surface area contributed by atoms with Crippen molar-refractivity contribution < 1.29 is 28.0 Å². The standard InChI is InChI=1S/C11H18O6Si/c1-6-18(16-9(4)12,17-10(5)13)7-15-11(14)8(2)3/h2,6-7H2,1,3-5H3. The third kappa shape index (κ3) is 5.62. The van der Waals surface area contributed by atoms with Crippen LogP contribution >= 0.6 is 0 Å². The molecule has 0 spiro atoms. The van der Waals surface area contributed by atoms with E-state index in [1.54, 1.807) is 6.92 Å². The van der Waals surface area contributed by atoms with Crippen LogP contribution < -0.4 is 0 Å². The van der Waals surface area contributed by atoms with Crippen molar-refractivity contribution in [2.75, 3.05) is 6.23 Å². The van der Waals surface area contributed by atoms with Crippen LogP contribution in [0.5, 0.6) is 0 Å².